The van der Waals surface area contributed by atoms with Crippen molar-refractivity contribution in [2.75, 3.05) is 0 Å². The van der Waals surface area contributed by atoms with Gasteiger partial charge < -0.3 is 15.4 Å². The molecule has 0 spiro atoms. The Bertz CT molecular complexity index is 695. The lowest BCUT2D eigenvalue weighted by Crippen LogP contribution is -2.39. The highest BCUT2D eigenvalue weighted by Crippen LogP contribution is 2.26. The predicted molar refractivity (Wildman–Crippen MR) is 127 cm³/mol. The van der Waals surface area contributed by atoms with Crippen LogP contribution in [0.15, 0.2) is 78.3 Å². The van der Waals surface area contributed by atoms with Gasteiger partial charge in [-0.2, -0.15) is 0 Å². The second kappa shape index (κ2) is 12.3. The second-order valence-electron chi connectivity index (χ2n) is 8.20. The fourth-order valence-electron chi connectivity index (χ4n) is 3.16. The van der Waals surface area contributed by atoms with Gasteiger partial charge in [-0.1, -0.05) is 44.0 Å². The molecule has 2 unspecified atom stereocenters. The van der Waals surface area contributed by atoms with E-state index in [9.17, 15) is 0 Å². The quantitative estimate of drug-likeness (QED) is 0.258. The molecule has 1 saturated heterocycles. The third kappa shape index (κ3) is 9.62. The van der Waals surface area contributed by atoms with Gasteiger partial charge in [-0.15, -0.1) is 0 Å². The molecule has 0 aliphatic carbocycles. The number of amidine groups is 1. The van der Waals surface area contributed by atoms with Gasteiger partial charge in [0.2, 0.25) is 0 Å². The van der Waals surface area contributed by atoms with E-state index in [0.29, 0.717) is 12.2 Å². The van der Waals surface area contributed by atoms with Gasteiger partial charge in [0.1, 0.15) is 11.7 Å². The van der Waals surface area contributed by atoms with Crippen LogP contribution in [-0.4, -0.2) is 23.6 Å². The SMILES string of the molecule is C=C/C=C\C(=C/C=C)NC(C)=N/C(NC(C)(C)CCC1CCC(C)O1)=C(/C)C=C. The van der Waals surface area contributed by atoms with E-state index in [0.717, 1.165) is 48.6 Å². The lowest BCUT2D eigenvalue weighted by atomic mass is 9.95. The van der Waals surface area contributed by atoms with Gasteiger partial charge in [0.15, 0.2) is 0 Å². The van der Waals surface area contributed by atoms with Gasteiger partial charge >= 0.3 is 0 Å². The Morgan fingerprint density at radius 2 is 1.90 bits per heavy atom. The normalized spacial score (nSPS) is 21.7. The van der Waals surface area contributed by atoms with Crippen LogP contribution in [0.25, 0.3) is 0 Å². The van der Waals surface area contributed by atoms with Crippen molar-refractivity contribution in [3.8, 4) is 0 Å². The lowest BCUT2D eigenvalue weighted by Gasteiger charge is -2.29. The zero-order chi connectivity index (χ0) is 21.9. The summed E-state index contributed by atoms with van der Waals surface area (Å²) < 4.78 is 5.97. The summed E-state index contributed by atoms with van der Waals surface area (Å²) in [6, 6.07) is 0. The summed E-state index contributed by atoms with van der Waals surface area (Å²) in [5, 5.41) is 6.92. The molecule has 4 heteroatoms. The molecule has 0 bridgehead atoms. The number of aliphatic imine (C=N–C) groups is 1. The summed E-state index contributed by atoms with van der Waals surface area (Å²) >= 11 is 0. The Morgan fingerprint density at radius 3 is 2.45 bits per heavy atom. The molecule has 4 nitrogen and oxygen atoms in total. The number of hydrogen-bond acceptors (Lipinski definition) is 3. The Morgan fingerprint density at radius 1 is 1.17 bits per heavy atom. The molecule has 0 radical (unpaired) electrons. The first-order chi connectivity index (χ1) is 13.7. The highest BCUT2D eigenvalue weighted by molar-refractivity contribution is 5.82. The highest BCUT2D eigenvalue weighted by Gasteiger charge is 2.26. The molecule has 29 heavy (non-hydrogen) atoms. The summed E-state index contributed by atoms with van der Waals surface area (Å²) in [5.41, 5.74) is 1.78. The van der Waals surface area contributed by atoms with Crippen molar-refractivity contribution in [3.63, 3.8) is 0 Å². The van der Waals surface area contributed by atoms with Gasteiger partial charge in [-0.05, 0) is 78.0 Å². The van der Waals surface area contributed by atoms with Crippen LogP contribution in [0.3, 0.4) is 0 Å². The summed E-state index contributed by atoms with van der Waals surface area (Å²) in [7, 11) is 0. The summed E-state index contributed by atoms with van der Waals surface area (Å²) in [6.45, 7) is 21.9. The first-order valence-corrected chi connectivity index (χ1v) is 10.4. The first-order valence-electron chi connectivity index (χ1n) is 10.4. The second-order valence-corrected chi connectivity index (χ2v) is 8.20. The summed E-state index contributed by atoms with van der Waals surface area (Å²) in [4.78, 5) is 4.79. The molecule has 1 rings (SSSR count). The van der Waals surface area contributed by atoms with Crippen LogP contribution < -0.4 is 10.6 Å². The molecule has 1 heterocycles. The van der Waals surface area contributed by atoms with Gasteiger partial charge in [0, 0.05) is 11.2 Å². The molecule has 1 aliphatic heterocycles. The maximum Gasteiger partial charge on any atom is 0.131 e. The average Bonchev–Trinajstić information content (AvgIpc) is 3.08. The maximum atomic E-state index is 5.97. The van der Waals surface area contributed by atoms with E-state index in [-0.39, 0.29) is 5.54 Å². The third-order valence-corrected chi connectivity index (χ3v) is 4.86. The van der Waals surface area contributed by atoms with Crippen molar-refractivity contribution in [2.45, 2.75) is 78.0 Å². The molecule has 0 aromatic rings. The van der Waals surface area contributed by atoms with E-state index in [1.54, 1.807) is 12.2 Å². The average molecular weight is 398 g/mol. The van der Waals surface area contributed by atoms with E-state index in [4.69, 9.17) is 9.73 Å². The maximum absolute atomic E-state index is 5.97. The monoisotopic (exact) mass is 397 g/mol. The van der Waals surface area contributed by atoms with Crippen LogP contribution in [0.2, 0.25) is 0 Å². The lowest BCUT2D eigenvalue weighted by molar-refractivity contribution is 0.0459. The van der Waals surface area contributed by atoms with Gasteiger partial charge in [-0.3, -0.25) is 0 Å². The minimum absolute atomic E-state index is 0.110. The standard InChI is InChI=1S/C25H39N3O/c1-9-12-14-22(13-10-2)26-21(6)27-24(19(4)11-3)28-25(7,8)18-17-23-16-15-20(5)29-23/h9-14,20,23,28H,1-3,15-18H2,4-8H3,(H,26,27)/b14-12-,22-13+,24-19+. The van der Waals surface area contributed by atoms with Crippen molar-refractivity contribution in [3.05, 3.63) is 73.3 Å². The topological polar surface area (TPSA) is 45.7 Å². The molecule has 1 fully saturated rings. The number of rotatable bonds is 11. The van der Waals surface area contributed by atoms with Crippen LogP contribution in [0.1, 0.15) is 60.3 Å². The number of hydrogen-bond donors (Lipinski definition) is 2. The number of nitrogens with one attached hydrogen (secondary N) is 2. The van der Waals surface area contributed by atoms with Crippen LogP contribution in [0.5, 0.6) is 0 Å². The predicted octanol–water partition coefficient (Wildman–Crippen LogP) is 5.94. The molecule has 1 aliphatic rings. The highest BCUT2D eigenvalue weighted by atomic mass is 16.5. The Kier molecular flexibility index (Phi) is 10.5. The molecule has 0 saturated carbocycles. The van der Waals surface area contributed by atoms with Gasteiger partial charge in [0.25, 0.3) is 0 Å². The number of nitrogens with zero attached hydrogens (tertiary/aromatic N) is 1. The van der Waals surface area contributed by atoms with Crippen molar-refractivity contribution in [2.24, 2.45) is 4.99 Å². The van der Waals surface area contributed by atoms with E-state index >= 15 is 0 Å². The van der Waals surface area contributed by atoms with Gasteiger partial charge in [-0.25, -0.2) is 4.99 Å². The fourth-order valence-corrected chi connectivity index (χ4v) is 3.16. The minimum Gasteiger partial charge on any atom is -0.375 e. The molecule has 2 atom stereocenters. The molecule has 160 valence electrons. The van der Waals surface area contributed by atoms with E-state index < -0.39 is 0 Å². The largest absolute Gasteiger partial charge is 0.375 e. The summed E-state index contributed by atoms with van der Waals surface area (Å²) in [6.07, 6.45) is 16.1. The number of ether oxygens (including phenoxy) is 1. The Labute approximate surface area is 177 Å². The third-order valence-electron chi connectivity index (χ3n) is 4.86. The van der Waals surface area contributed by atoms with E-state index in [2.05, 4.69) is 51.1 Å². The molecule has 0 aromatic heterocycles. The van der Waals surface area contributed by atoms with Crippen molar-refractivity contribution in [1.29, 1.82) is 0 Å². The van der Waals surface area contributed by atoms with Crippen LogP contribution in [-0.2, 0) is 4.74 Å². The summed E-state index contributed by atoms with van der Waals surface area (Å²) in [5.74, 6) is 1.60. The molecular formula is C25H39N3O. The first kappa shape index (κ1) is 24.7. The van der Waals surface area contributed by atoms with Crippen LogP contribution >= 0.6 is 0 Å². The fraction of sp³-hybridized carbons (Fsp3) is 0.480. The molecular weight excluding hydrogens is 358 g/mol. The van der Waals surface area contributed by atoms with E-state index in [1.807, 2.05) is 38.2 Å². The van der Waals surface area contributed by atoms with Crippen molar-refractivity contribution in [1.82, 2.24) is 10.6 Å². The minimum atomic E-state index is -0.110. The molecule has 0 amide bonds. The zero-order valence-electron chi connectivity index (χ0n) is 18.9. The number of allylic oxidation sites excluding steroid dienone is 7. The molecule has 2 N–H and O–H groups in total. The van der Waals surface area contributed by atoms with Gasteiger partial charge in [0.05, 0.1) is 12.2 Å². The van der Waals surface area contributed by atoms with Crippen molar-refractivity contribution >= 4 is 5.84 Å². The molecule has 0 aromatic carbocycles. The zero-order valence-corrected chi connectivity index (χ0v) is 18.9. The Hall–Kier alpha value is -2.33. The smallest absolute Gasteiger partial charge is 0.131 e. The van der Waals surface area contributed by atoms with Crippen LogP contribution in [0, 0.1) is 0 Å². The van der Waals surface area contributed by atoms with Crippen molar-refractivity contribution < 1.29 is 4.74 Å². The van der Waals surface area contributed by atoms with Crippen LogP contribution in [0.4, 0.5) is 0 Å². The van der Waals surface area contributed by atoms with E-state index in [1.165, 1.54) is 0 Å². The Balaban J connectivity index is 2.87.